The third-order valence-corrected chi connectivity index (χ3v) is 3.19. The maximum atomic E-state index is 13.5. The summed E-state index contributed by atoms with van der Waals surface area (Å²) in [7, 11) is 0. The summed E-state index contributed by atoms with van der Waals surface area (Å²) in [5.74, 6) is -0.503. The molecule has 1 aliphatic carbocycles. The van der Waals surface area contributed by atoms with Crippen LogP contribution in [-0.2, 0) is 0 Å². The molecule has 2 rings (SSSR count). The van der Waals surface area contributed by atoms with E-state index in [1.54, 1.807) is 12.1 Å². The first-order valence-electron chi connectivity index (χ1n) is 6.14. The van der Waals surface area contributed by atoms with Crippen molar-refractivity contribution in [3.63, 3.8) is 0 Å². The van der Waals surface area contributed by atoms with Gasteiger partial charge >= 0.3 is 0 Å². The molecule has 0 amide bonds. The number of allylic oxidation sites excluding steroid dienone is 2. The van der Waals surface area contributed by atoms with E-state index < -0.39 is 5.82 Å². The molecule has 0 atom stereocenters. The lowest BCUT2D eigenvalue weighted by Crippen LogP contribution is -2.06. The van der Waals surface area contributed by atoms with Crippen LogP contribution < -0.4 is 0 Å². The molecular formula is C15H17FO. The Labute approximate surface area is 101 Å². The maximum absolute atomic E-state index is 13.5. The van der Waals surface area contributed by atoms with Crippen molar-refractivity contribution in [3.8, 4) is 0 Å². The number of halogens is 1. The van der Waals surface area contributed by atoms with E-state index in [9.17, 15) is 9.18 Å². The first kappa shape index (κ1) is 12.0. The van der Waals surface area contributed by atoms with Crippen molar-refractivity contribution in [2.45, 2.75) is 39.0 Å². The fourth-order valence-corrected chi connectivity index (χ4v) is 2.22. The lowest BCUT2D eigenvalue weighted by molar-refractivity contribution is 0.0987. The van der Waals surface area contributed by atoms with Crippen molar-refractivity contribution in [3.05, 3.63) is 46.8 Å². The monoisotopic (exact) mass is 232 g/mol. The minimum atomic E-state index is -0.406. The first-order valence-corrected chi connectivity index (χ1v) is 6.14. The molecule has 2 heteroatoms. The summed E-state index contributed by atoms with van der Waals surface area (Å²) in [6, 6.07) is 4.70. The maximum Gasteiger partial charge on any atom is 0.169 e. The molecule has 0 saturated carbocycles. The average molecular weight is 232 g/mol. The molecule has 90 valence electrons. The van der Waals surface area contributed by atoms with Crippen molar-refractivity contribution in [1.82, 2.24) is 0 Å². The van der Waals surface area contributed by atoms with Gasteiger partial charge in [0, 0.05) is 6.42 Å². The van der Waals surface area contributed by atoms with Crippen molar-refractivity contribution in [2.75, 3.05) is 0 Å². The van der Waals surface area contributed by atoms with Crippen LogP contribution in [0.5, 0.6) is 0 Å². The van der Waals surface area contributed by atoms with Gasteiger partial charge in [0.2, 0.25) is 0 Å². The highest BCUT2D eigenvalue weighted by Gasteiger charge is 2.14. The van der Waals surface area contributed by atoms with Gasteiger partial charge in [0.1, 0.15) is 5.82 Å². The molecule has 0 heterocycles. The average Bonchev–Trinajstić information content (AvgIpc) is 2.33. The van der Waals surface area contributed by atoms with Gasteiger partial charge in [-0.15, -0.1) is 0 Å². The van der Waals surface area contributed by atoms with Crippen LogP contribution in [-0.4, -0.2) is 5.78 Å². The summed E-state index contributed by atoms with van der Waals surface area (Å²) in [5, 5.41) is 0. The quantitative estimate of drug-likeness (QED) is 0.563. The molecule has 0 spiro atoms. The molecule has 1 nitrogen and oxygen atoms in total. The SMILES string of the molecule is Cc1ccc(F)c(C(=O)CC2=CCCCC2)c1. The number of rotatable bonds is 3. The Hall–Kier alpha value is -1.44. The normalized spacial score (nSPS) is 15.5. The highest BCUT2D eigenvalue weighted by molar-refractivity contribution is 5.97. The van der Waals surface area contributed by atoms with E-state index in [1.807, 2.05) is 6.92 Å². The van der Waals surface area contributed by atoms with Crippen LogP contribution >= 0.6 is 0 Å². The molecule has 0 fully saturated rings. The van der Waals surface area contributed by atoms with Gasteiger partial charge in [-0.05, 0) is 44.7 Å². The summed E-state index contributed by atoms with van der Waals surface area (Å²) in [5.41, 5.74) is 2.33. The number of hydrogen-bond donors (Lipinski definition) is 0. The smallest absolute Gasteiger partial charge is 0.169 e. The van der Waals surface area contributed by atoms with Crippen LogP contribution in [0.3, 0.4) is 0 Å². The third-order valence-electron chi connectivity index (χ3n) is 3.19. The van der Waals surface area contributed by atoms with Crippen molar-refractivity contribution in [1.29, 1.82) is 0 Å². The lowest BCUT2D eigenvalue weighted by Gasteiger charge is -2.12. The van der Waals surface area contributed by atoms with E-state index in [0.29, 0.717) is 6.42 Å². The van der Waals surface area contributed by atoms with Crippen LogP contribution in [0.25, 0.3) is 0 Å². The van der Waals surface area contributed by atoms with E-state index >= 15 is 0 Å². The number of Topliss-reactive ketones (excluding diaryl/α,β-unsaturated/α-hetero) is 1. The van der Waals surface area contributed by atoms with Crippen LogP contribution in [0.2, 0.25) is 0 Å². The van der Waals surface area contributed by atoms with Crippen molar-refractivity contribution >= 4 is 5.78 Å². The van der Waals surface area contributed by atoms with Crippen molar-refractivity contribution < 1.29 is 9.18 Å². The van der Waals surface area contributed by atoms with Crippen LogP contribution in [0.1, 0.15) is 48.0 Å². The summed E-state index contributed by atoms with van der Waals surface area (Å²) >= 11 is 0. The van der Waals surface area contributed by atoms with Crippen LogP contribution in [0.4, 0.5) is 4.39 Å². The zero-order valence-corrected chi connectivity index (χ0v) is 10.1. The molecule has 17 heavy (non-hydrogen) atoms. The van der Waals surface area contributed by atoms with Gasteiger partial charge in [-0.1, -0.05) is 23.3 Å². The van der Waals surface area contributed by atoms with E-state index in [-0.39, 0.29) is 11.3 Å². The number of carbonyl (C=O) groups is 1. The minimum Gasteiger partial charge on any atom is -0.294 e. The molecule has 0 N–H and O–H groups in total. The summed E-state index contributed by atoms with van der Waals surface area (Å²) in [6.45, 7) is 1.87. The van der Waals surface area contributed by atoms with E-state index in [2.05, 4.69) is 6.08 Å². The molecular weight excluding hydrogens is 215 g/mol. The van der Waals surface area contributed by atoms with Gasteiger partial charge in [-0.2, -0.15) is 0 Å². The fourth-order valence-electron chi connectivity index (χ4n) is 2.22. The number of benzene rings is 1. The fraction of sp³-hybridized carbons (Fsp3) is 0.400. The van der Waals surface area contributed by atoms with Crippen LogP contribution in [0, 0.1) is 12.7 Å². The molecule has 0 aromatic heterocycles. The van der Waals surface area contributed by atoms with E-state index in [0.717, 1.165) is 24.8 Å². The van der Waals surface area contributed by atoms with E-state index in [1.165, 1.54) is 18.1 Å². The number of carbonyl (C=O) groups excluding carboxylic acids is 1. The Morgan fingerprint density at radius 2 is 2.18 bits per heavy atom. The van der Waals surface area contributed by atoms with Gasteiger partial charge in [-0.25, -0.2) is 4.39 Å². The number of hydrogen-bond acceptors (Lipinski definition) is 1. The molecule has 0 saturated heterocycles. The third kappa shape index (κ3) is 3.02. The molecule has 0 unspecified atom stereocenters. The highest BCUT2D eigenvalue weighted by atomic mass is 19.1. The molecule has 0 radical (unpaired) electrons. The Balaban J connectivity index is 2.14. The summed E-state index contributed by atoms with van der Waals surface area (Å²) < 4.78 is 13.5. The predicted octanol–water partition coefficient (Wildman–Crippen LogP) is 4.21. The van der Waals surface area contributed by atoms with Gasteiger partial charge in [0.05, 0.1) is 5.56 Å². The van der Waals surface area contributed by atoms with Gasteiger partial charge in [-0.3, -0.25) is 4.79 Å². The standard InChI is InChI=1S/C15H17FO/c1-11-7-8-14(16)13(9-11)15(17)10-12-5-3-2-4-6-12/h5,7-9H,2-4,6,10H2,1H3. The molecule has 0 bridgehead atoms. The molecule has 1 aliphatic rings. The second kappa shape index (κ2) is 5.26. The van der Waals surface area contributed by atoms with Crippen molar-refractivity contribution in [2.24, 2.45) is 0 Å². The highest BCUT2D eigenvalue weighted by Crippen LogP contribution is 2.22. The molecule has 1 aromatic carbocycles. The zero-order chi connectivity index (χ0) is 12.3. The second-order valence-electron chi connectivity index (χ2n) is 4.69. The Morgan fingerprint density at radius 3 is 2.88 bits per heavy atom. The topological polar surface area (TPSA) is 17.1 Å². The minimum absolute atomic E-state index is 0.0978. The van der Waals surface area contributed by atoms with Gasteiger partial charge in [0.15, 0.2) is 5.78 Å². The number of aryl methyl sites for hydroxylation is 1. The van der Waals surface area contributed by atoms with E-state index in [4.69, 9.17) is 0 Å². The Bertz CT molecular complexity index is 460. The second-order valence-corrected chi connectivity index (χ2v) is 4.69. The summed E-state index contributed by atoms with van der Waals surface area (Å²) in [4.78, 5) is 12.0. The Morgan fingerprint density at radius 1 is 1.35 bits per heavy atom. The lowest BCUT2D eigenvalue weighted by atomic mass is 9.93. The Kier molecular flexibility index (Phi) is 3.72. The largest absolute Gasteiger partial charge is 0.294 e. The number of ketones is 1. The van der Waals surface area contributed by atoms with Gasteiger partial charge < -0.3 is 0 Å². The molecule has 0 aliphatic heterocycles. The molecule has 1 aromatic rings. The first-order chi connectivity index (χ1) is 8.16. The van der Waals surface area contributed by atoms with Crippen LogP contribution in [0.15, 0.2) is 29.8 Å². The zero-order valence-electron chi connectivity index (χ0n) is 10.1. The summed E-state index contributed by atoms with van der Waals surface area (Å²) in [6.07, 6.45) is 6.90. The van der Waals surface area contributed by atoms with Gasteiger partial charge in [0.25, 0.3) is 0 Å². The predicted molar refractivity (Wildman–Crippen MR) is 66.6 cm³/mol.